The van der Waals surface area contributed by atoms with Gasteiger partial charge in [0.1, 0.15) is 5.75 Å². The quantitative estimate of drug-likeness (QED) is 0.497. The molecule has 0 aliphatic carbocycles. The Morgan fingerprint density at radius 1 is 1.17 bits per heavy atom. The van der Waals surface area contributed by atoms with Crippen LogP contribution in [0.2, 0.25) is 0 Å². The van der Waals surface area contributed by atoms with E-state index < -0.39 is 0 Å². The highest BCUT2D eigenvalue weighted by Crippen LogP contribution is 2.28. The average Bonchev–Trinajstić information content (AvgIpc) is 2.62. The van der Waals surface area contributed by atoms with Crippen molar-refractivity contribution in [2.24, 2.45) is 4.99 Å². The molecule has 0 saturated carbocycles. The molecular weight excluding hydrogens is 288 g/mol. The molecule has 0 aromatic heterocycles. The van der Waals surface area contributed by atoms with Crippen molar-refractivity contribution in [2.45, 2.75) is 26.2 Å². The molecule has 0 unspecified atom stereocenters. The van der Waals surface area contributed by atoms with Crippen molar-refractivity contribution in [3.63, 3.8) is 0 Å². The van der Waals surface area contributed by atoms with Crippen molar-refractivity contribution >= 4 is 11.6 Å². The Bertz CT molecular complexity index is 496. The van der Waals surface area contributed by atoms with E-state index in [2.05, 4.69) is 39.2 Å². The molecule has 0 bridgehead atoms. The summed E-state index contributed by atoms with van der Waals surface area (Å²) < 4.78 is 5.48. The number of ether oxygens (including phenoxy) is 1. The van der Waals surface area contributed by atoms with Crippen LogP contribution in [0.25, 0.3) is 0 Å². The number of nitrogens with zero attached hydrogens (tertiary/aromatic N) is 3. The number of unbranched alkanes of at least 4 members (excludes halogenated alkanes) is 2. The fourth-order valence-corrected chi connectivity index (χ4v) is 2.96. The predicted octanol–water partition coefficient (Wildman–Crippen LogP) is 2.58. The van der Waals surface area contributed by atoms with Gasteiger partial charge in [0, 0.05) is 39.8 Å². The number of aliphatic imine (C=N–C) groups is 1. The number of rotatable bonds is 6. The molecule has 0 atom stereocenters. The summed E-state index contributed by atoms with van der Waals surface area (Å²) in [5.74, 6) is 1.98. The Hall–Kier alpha value is -1.91. The van der Waals surface area contributed by atoms with Gasteiger partial charge in [-0.15, -0.1) is 0 Å². The smallest absolute Gasteiger partial charge is 0.193 e. The molecule has 128 valence electrons. The van der Waals surface area contributed by atoms with Gasteiger partial charge in [-0.2, -0.15) is 0 Å². The van der Waals surface area contributed by atoms with Crippen LogP contribution in [0.1, 0.15) is 26.2 Å². The maximum Gasteiger partial charge on any atom is 0.193 e. The first-order valence-electron chi connectivity index (χ1n) is 8.63. The Kier molecular flexibility index (Phi) is 7.04. The topological polar surface area (TPSA) is 40.1 Å². The Balaban J connectivity index is 1.87. The number of benzene rings is 1. The lowest BCUT2D eigenvalue weighted by Gasteiger charge is -2.38. The van der Waals surface area contributed by atoms with E-state index in [-0.39, 0.29) is 0 Å². The number of anilines is 1. The number of hydrogen-bond donors (Lipinski definition) is 1. The molecule has 1 aromatic rings. The third kappa shape index (κ3) is 4.78. The lowest BCUT2D eigenvalue weighted by Crippen LogP contribution is -2.52. The third-order valence-electron chi connectivity index (χ3n) is 4.28. The van der Waals surface area contributed by atoms with Crippen LogP contribution in [0.15, 0.2) is 29.3 Å². The molecule has 1 fully saturated rings. The molecule has 1 N–H and O–H groups in total. The summed E-state index contributed by atoms with van der Waals surface area (Å²) >= 11 is 0. The minimum absolute atomic E-state index is 0.947. The molecule has 1 saturated heterocycles. The molecule has 23 heavy (non-hydrogen) atoms. The van der Waals surface area contributed by atoms with Gasteiger partial charge < -0.3 is 19.9 Å². The number of guanidine groups is 1. The van der Waals surface area contributed by atoms with E-state index in [1.165, 1.54) is 24.9 Å². The molecule has 0 spiro atoms. The molecule has 1 aliphatic heterocycles. The zero-order chi connectivity index (χ0) is 16.5. The van der Waals surface area contributed by atoms with E-state index in [4.69, 9.17) is 4.74 Å². The van der Waals surface area contributed by atoms with Crippen LogP contribution in [0, 0.1) is 0 Å². The molecule has 0 amide bonds. The van der Waals surface area contributed by atoms with Gasteiger partial charge in [0.15, 0.2) is 5.96 Å². The summed E-state index contributed by atoms with van der Waals surface area (Å²) in [6.45, 7) is 7.15. The number of methoxy groups -OCH3 is 1. The molecule has 5 heteroatoms. The zero-order valence-electron chi connectivity index (χ0n) is 14.7. The molecule has 1 aliphatic rings. The standard InChI is InChI=1S/C18H30N4O/c1-4-5-8-11-20-18(19-2)22-14-12-21(13-15-22)16-9-6-7-10-17(16)23-3/h6-7,9-10H,4-5,8,11-15H2,1-3H3,(H,19,20). The van der Waals surface area contributed by atoms with Gasteiger partial charge in [0.05, 0.1) is 12.8 Å². The van der Waals surface area contributed by atoms with E-state index in [1.807, 2.05) is 19.2 Å². The zero-order valence-corrected chi connectivity index (χ0v) is 14.7. The maximum atomic E-state index is 5.48. The van der Waals surface area contributed by atoms with E-state index in [0.717, 1.165) is 44.4 Å². The molecule has 1 heterocycles. The van der Waals surface area contributed by atoms with E-state index >= 15 is 0 Å². The van der Waals surface area contributed by atoms with Crippen LogP contribution >= 0.6 is 0 Å². The van der Waals surface area contributed by atoms with Crippen molar-refractivity contribution in [3.8, 4) is 5.75 Å². The first-order valence-corrected chi connectivity index (χ1v) is 8.63. The molecule has 2 rings (SSSR count). The van der Waals surface area contributed by atoms with Crippen LogP contribution in [-0.4, -0.2) is 57.7 Å². The molecular formula is C18H30N4O. The summed E-state index contributed by atoms with van der Waals surface area (Å²) in [7, 11) is 3.60. The normalized spacial score (nSPS) is 15.7. The first kappa shape index (κ1) is 17.4. The Labute approximate surface area is 140 Å². The third-order valence-corrected chi connectivity index (χ3v) is 4.28. The van der Waals surface area contributed by atoms with Crippen LogP contribution in [0.5, 0.6) is 5.75 Å². The summed E-state index contributed by atoms with van der Waals surface area (Å²) in [5, 5.41) is 3.48. The van der Waals surface area contributed by atoms with Crippen molar-refractivity contribution in [2.75, 3.05) is 51.8 Å². The summed E-state index contributed by atoms with van der Waals surface area (Å²) in [6.07, 6.45) is 3.72. The lowest BCUT2D eigenvalue weighted by molar-refractivity contribution is 0.367. The van der Waals surface area contributed by atoms with Crippen LogP contribution in [0.4, 0.5) is 5.69 Å². The van der Waals surface area contributed by atoms with Gasteiger partial charge in [-0.05, 0) is 18.6 Å². The van der Waals surface area contributed by atoms with Gasteiger partial charge in [0.2, 0.25) is 0 Å². The molecule has 0 radical (unpaired) electrons. The fraction of sp³-hybridized carbons (Fsp3) is 0.611. The van der Waals surface area contributed by atoms with Gasteiger partial charge >= 0.3 is 0 Å². The second-order valence-corrected chi connectivity index (χ2v) is 5.83. The minimum atomic E-state index is 0.947. The van der Waals surface area contributed by atoms with Gasteiger partial charge in [-0.1, -0.05) is 31.9 Å². The van der Waals surface area contributed by atoms with E-state index in [9.17, 15) is 0 Å². The lowest BCUT2D eigenvalue weighted by atomic mass is 10.2. The second kappa shape index (κ2) is 9.28. The van der Waals surface area contributed by atoms with Crippen molar-refractivity contribution < 1.29 is 4.74 Å². The Morgan fingerprint density at radius 3 is 2.57 bits per heavy atom. The fourth-order valence-electron chi connectivity index (χ4n) is 2.96. The summed E-state index contributed by atoms with van der Waals surface area (Å²) in [4.78, 5) is 9.16. The highest BCUT2D eigenvalue weighted by molar-refractivity contribution is 5.80. The van der Waals surface area contributed by atoms with Crippen molar-refractivity contribution in [1.82, 2.24) is 10.2 Å². The Morgan fingerprint density at radius 2 is 1.91 bits per heavy atom. The van der Waals surface area contributed by atoms with Crippen LogP contribution in [0.3, 0.4) is 0 Å². The number of piperazine rings is 1. The van der Waals surface area contributed by atoms with E-state index in [0.29, 0.717) is 0 Å². The van der Waals surface area contributed by atoms with Gasteiger partial charge in [-0.25, -0.2) is 0 Å². The van der Waals surface area contributed by atoms with Crippen molar-refractivity contribution in [3.05, 3.63) is 24.3 Å². The van der Waals surface area contributed by atoms with E-state index in [1.54, 1.807) is 7.11 Å². The van der Waals surface area contributed by atoms with Crippen LogP contribution in [-0.2, 0) is 0 Å². The number of hydrogen-bond acceptors (Lipinski definition) is 3. The average molecular weight is 318 g/mol. The van der Waals surface area contributed by atoms with Crippen LogP contribution < -0.4 is 15.0 Å². The van der Waals surface area contributed by atoms with Gasteiger partial charge in [0.25, 0.3) is 0 Å². The molecule has 5 nitrogen and oxygen atoms in total. The predicted molar refractivity (Wildman–Crippen MR) is 97.7 cm³/mol. The first-order chi connectivity index (χ1) is 11.3. The van der Waals surface area contributed by atoms with Gasteiger partial charge in [-0.3, -0.25) is 4.99 Å². The summed E-state index contributed by atoms with van der Waals surface area (Å²) in [6, 6.07) is 8.24. The SMILES string of the molecule is CCCCCNC(=NC)N1CCN(c2ccccc2OC)CC1. The maximum absolute atomic E-state index is 5.48. The monoisotopic (exact) mass is 318 g/mol. The molecule has 1 aromatic carbocycles. The largest absolute Gasteiger partial charge is 0.495 e. The number of para-hydroxylation sites is 2. The second-order valence-electron chi connectivity index (χ2n) is 5.83. The highest BCUT2D eigenvalue weighted by atomic mass is 16.5. The minimum Gasteiger partial charge on any atom is -0.495 e. The number of nitrogens with one attached hydrogen (secondary N) is 1. The highest BCUT2D eigenvalue weighted by Gasteiger charge is 2.21. The summed E-state index contributed by atoms with van der Waals surface area (Å²) in [5.41, 5.74) is 1.18. The van der Waals surface area contributed by atoms with Crippen molar-refractivity contribution in [1.29, 1.82) is 0 Å².